The van der Waals surface area contributed by atoms with Crippen molar-refractivity contribution in [3.05, 3.63) is 71.0 Å². The molecule has 0 aliphatic carbocycles. The molecule has 0 spiro atoms. The minimum absolute atomic E-state index is 0.155. The predicted molar refractivity (Wildman–Crippen MR) is 93.7 cm³/mol. The van der Waals surface area contributed by atoms with Crippen molar-refractivity contribution >= 4 is 11.9 Å². The number of carbonyl (C=O) groups excluding carboxylic acids is 2. The van der Waals surface area contributed by atoms with Crippen LogP contribution in [0.15, 0.2) is 48.5 Å². The summed E-state index contributed by atoms with van der Waals surface area (Å²) in [6.45, 7) is 1.10. The SMILES string of the molecule is COC(=O)[C@H]1Cc2ccccc2C[NH+]1CC(=O)NCc1ccc(F)cc1. The molecule has 0 radical (unpaired) electrons. The third-order valence-electron chi connectivity index (χ3n) is 4.73. The molecule has 1 aliphatic heterocycles. The van der Waals surface area contributed by atoms with Crippen molar-refractivity contribution in [1.82, 2.24) is 5.32 Å². The van der Waals surface area contributed by atoms with Crippen LogP contribution >= 0.6 is 0 Å². The Bertz CT molecular complexity index is 792. The molecule has 1 heterocycles. The Hall–Kier alpha value is -2.73. The van der Waals surface area contributed by atoms with E-state index in [0.29, 0.717) is 19.5 Å². The van der Waals surface area contributed by atoms with Crippen LogP contribution in [-0.2, 0) is 33.8 Å². The lowest BCUT2D eigenvalue weighted by atomic mass is 9.94. The Labute approximate surface area is 151 Å². The molecule has 0 fully saturated rings. The van der Waals surface area contributed by atoms with Gasteiger partial charge >= 0.3 is 5.97 Å². The summed E-state index contributed by atoms with van der Waals surface area (Å²) in [4.78, 5) is 25.4. The molecular formula is C20H22FN2O3+. The Morgan fingerprint density at radius 1 is 1.15 bits per heavy atom. The van der Waals surface area contributed by atoms with Gasteiger partial charge in [0.1, 0.15) is 12.4 Å². The van der Waals surface area contributed by atoms with Crippen LogP contribution in [0.3, 0.4) is 0 Å². The Morgan fingerprint density at radius 2 is 1.85 bits per heavy atom. The van der Waals surface area contributed by atoms with Gasteiger partial charge < -0.3 is 15.0 Å². The maximum absolute atomic E-state index is 12.9. The largest absolute Gasteiger partial charge is 0.465 e. The number of hydrogen-bond acceptors (Lipinski definition) is 3. The normalized spacial score (nSPS) is 18.7. The predicted octanol–water partition coefficient (Wildman–Crippen LogP) is 0.625. The van der Waals surface area contributed by atoms with Gasteiger partial charge in [0.15, 0.2) is 12.6 Å². The van der Waals surface area contributed by atoms with Crippen LogP contribution in [0, 0.1) is 5.82 Å². The molecular weight excluding hydrogens is 335 g/mol. The molecule has 0 bridgehead atoms. The number of quaternary nitrogens is 1. The van der Waals surface area contributed by atoms with Crippen LogP contribution in [0.4, 0.5) is 4.39 Å². The van der Waals surface area contributed by atoms with Gasteiger partial charge in [-0.05, 0) is 23.3 Å². The second-order valence-electron chi connectivity index (χ2n) is 6.46. The minimum atomic E-state index is -0.397. The van der Waals surface area contributed by atoms with Crippen LogP contribution in [0.1, 0.15) is 16.7 Å². The number of hydrogen-bond donors (Lipinski definition) is 2. The zero-order chi connectivity index (χ0) is 18.5. The fraction of sp³-hybridized carbons (Fsp3) is 0.300. The van der Waals surface area contributed by atoms with E-state index in [1.807, 2.05) is 24.3 Å². The molecule has 1 amide bonds. The van der Waals surface area contributed by atoms with Crippen molar-refractivity contribution in [3.63, 3.8) is 0 Å². The molecule has 136 valence electrons. The number of carbonyl (C=O) groups is 2. The third kappa shape index (κ3) is 4.26. The molecule has 2 atom stereocenters. The maximum Gasteiger partial charge on any atom is 0.365 e. The summed E-state index contributed by atoms with van der Waals surface area (Å²) >= 11 is 0. The summed E-state index contributed by atoms with van der Waals surface area (Å²) < 4.78 is 17.9. The lowest BCUT2D eigenvalue weighted by Crippen LogP contribution is -3.17. The quantitative estimate of drug-likeness (QED) is 0.772. The molecule has 2 N–H and O–H groups in total. The van der Waals surface area contributed by atoms with Crippen LogP contribution in [0.25, 0.3) is 0 Å². The first-order valence-corrected chi connectivity index (χ1v) is 8.57. The molecule has 0 saturated heterocycles. The highest BCUT2D eigenvalue weighted by Gasteiger charge is 2.36. The number of amides is 1. The van der Waals surface area contributed by atoms with E-state index in [4.69, 9.17) is 4.74 Å². The third-order valence-corrected chi connectivity index (χ3v) is 4.73. The fourth-order valence-electron chi connectivity index (χ4n) is 3.31. The lowest BCUT2D eigenvalue weighted by molar-refractivity contribution is -0.924. The van der Waals surface area contributed by atoms with Gasteiger partial charge in [0.25, 0.3) is 5.91 Å². The average molecular weight is 357 g/mol. The number of rotatable bonds is 5. The van der Waals surface area contributed by atoms with Gasteiger partial charge in [0, 0.05) is 18.5 Å². The molecule has 1 aliphatic rings. The van der Waals surface area contributed by atoms with Gasteiger partial charge in [0.2, 0.25) is 0 Å². The summed E-state index contributed by atoms with van der Waals surface area (Å²) in [7, 11) is 1.37. The molecule has 26 heavy (non-hydrogen) atoms. The standard InChI is InChI=1S/C20H21FN2O3/c1-26-20(25)18-10-15-4-2-3-5-16(15)12-23(18)13-19(24)22-11-14-6-8-17(21)9-7-14/h2-9,18H,10-13H2,1H3,(H,22,24)/p+1/t18-/m1/s1. The van der Waals surface area contributed by atoms with Crippen molar-refractivity contribution in [3.8, 4) is 0 Å². The van der Waals surface area contributed by atoms with E-state index in [0.717, 1.165) is 21.6 Å². The molecule has 0 aromatic heterocycles. The minimum Gasteiger partial charge on any atom is -0.465 e. The average Bonchev–Trinajstić information content (AvgIpc) is 2.66. The van der Waals surface area contributed by atoms with E-state index in [9.17, 15) is 14.0 Å². The Kier molecular flexibility index (Phi) is 5.63. The first-order valence-electron chi connectivity index (χ1n) is 8.57. The van der Waals surface area contributed by atoms with Crippen molar-refractivity contribution in [2.24, 2.45) is 0 Å². The summed E-state index contributed by atoms with van der Waals surface area (Å²) in [6.07, 6.45) is 0.559. The number of methoxy groups -OCH3 is 1. The Balaban J connectivity index is 1.64. The smallest absolute Gasteiger partial charge is 0.365 e. The molecule has 2 aromatic rings. The van der Waals surface area contributed by atoms with Gasteiger partial charge in [-0.3, -0.25) is 4.79 Å². The molecule has 0 saturated carbocycles. The second-order valence-corrected chi connectivity index (χ2v) is 6.46. The summed E-state index contributed by atoms with van der Waals surface area (Å²) in [5.74, 6) is -0.768. The van der Waals surface area contributed by atoms with E-state index in [1.54, 1.807) is 12.1 Å². The summed E-state index contributed by atoms with van der Waals surface area (Å²) in [6, 6.07) is 13.6. The van der Waals surface area contributed by atoms with Gasteiger partial charge in [-0.2, -0.15) is 0 Å². The van der Waals surface area contributed by atoms with Gasteiger partial charge in [-0.25, -0.2) is 9.18 Å². The highest BCUT2D eigenvalue weighted by atomic mass is 19.1. The number of benzene rings is 2. The lowest BCUT2D eigenvalue weighted by Gasteiger charge is -2.31. The van der Waals surface area contributed by atoms with E-state index in [1.165, 1.54) is 19.2 Å². The monoisotopic (exact) mass is 357 g/mol. The first-order chi connectivity index (χ1) is 12.6. The van der Waals surface area contributed by atoms with Crippen LogP contribution in [0.2, 0.25) is 0 Å². The Morgan fingerprint density at radius 3 is 2.54 bits per heavy atom. The maximum atomic E-state index is 12.9. The summed E-state index contributed by atoms with van der Waals surface area (Å²) in [5.41, 5.74) is 3.09. The zero-order valence-corrected chi connectivity index (χ0v) is 14.6. The number of halogens is 1. The molecule has 5 nitrogen and oxygen atoms in total. The number of nitrogens with one attached hydrogen (secondary N) is 2. The van der Waals surface area contributed by atoms with E-state index in [-0.39, 0.29) is 24.2 Å². The number of ether oxygens (including phenoxy) is 1. The van der Waals surface area contributed by atoms with Crippen molar-refractivity contribution in [2.45, 2.75) is 25.6 Å². The number of esters is 1. The van der Waals surface area contributed by atoms with Crippen molar-refractivity contribution in [1.29, 1.82) is 0 Å². The summed E-state index contributed by atoms with van der Waals surface area (Å²) in [5, 5.41) is 2.83. The molecule has 6 heteroatoms. The van der Waals surface area contributed by atoms with Crippen LogP contribution in [0.5, 0.6) is 0 Å². The van der Waals surface area contributed by atoms with Gasteiger partial charge in [-0.1, -0.05) is 36.4 Å². The second kappa shape index (κ2) is 8.10. The van der Waals surface area contributed by atoms with E-state index >= 15 is 0 Å². The highest BCUT2D eigenvalue weighted by molar-refractivity contribution is 5.78. The van der Waals surface area contributed by atoms with Crippen molar-refractivity contribution in [2.75, 3.05) is 13.7 Å². The van der Waals surface area contributed by atoms with Crippen molar-refractivity contribution < 1.29 is 23.6 Å². The van der Waals surface area contributed by atoms with E-state index < -0.39 is 6.04 Å². The molecule has 2 aromatic carbocycles. The number of fused-ring (bicyclic) bond motifs is 1. The van der Waals surface area contributed by atoms with Gasteiger partial charge in [-0.15, -0.1) is 0 Å². The molecule has 1 unspecified atom stereocenters. The fourth-order valence-corrected chi connectivity index (χ4v) is 3.31. The molecule has 3 rings (SSSR count). The topological polar surface area (TPSA) is 59.8 Å². The van der Waals surface area contributed by atoms with Crippen LogP contribution in [-0.4, -0.2) is 31.6 Å². The van der Waals surface area contributed by atoms with E-state index in [2.05, 4.69) is 5.32 Å². The highest BCUT2D eigenvalue weighted by Crippen LogP contribution is 2.14. The van der Waals surface area contributed by atoms with Gasteiger partial charge in [0.05, 0.1) is 7.11 Å². The first kappa shape index (κ1) is 18.1. The van der Waals surface area contributed by atoms with Crippen LogP contribution < -0.4 is 10.2 Å². The zero-order valence-electron chi connectivity index (χ0n) is 14.6.